The lowest BCUT2D eigenvalue weighted by molar-refractivity contribution is -0.137. The molecule has 0 unspecified atom stereocenters. The van der Waals surface area contributed by atoms with Crippen molar-refractivity contribution in [3.63, 3.8) is 0 Å². The van der Waals surface area contributed by atoms with Gasteiger partial charge in [-0.3, -0.25) is 9.59 Å². The van der Waals surface area contributed by atoms with Crippen molar-refractivity contribution in [3.8, 4) is 17.2 Å². The quantitative estimate of drug-likeness (QED) is 0.520. The van der Waals surface area contributed by atoms with E-state index in [2.05, 4.69) is 10.4 Å². The van der Waals surface area contributed by atoms with Crippen LogP contribution in [0, 0.1) is 6.92 Å². The highest BCUT2D eigenvalue weighted by molar-refractivity contribution is 6.32. The number of amides is 1. The zero-order valence-electron chi connectivity index (χ0n) is 18.5. The van der Waals surface area contributed by atoms with Crippen molar-refractivity contribution in [3.05, 3.63) is 80.2 Å². The monoisotopic (exact) mass is 495 g/mol. The Bertz CT molecular complexity index is 1280. The molecule has 0 fully saturated rings. The van der Waals surface area contributed by atoms with Gasteiger partial charge in [-0.15, -0.1) is 0 Å². The van der Waals surface area contributed by atoms with E-state index in [4.69, 9.17) is 21.1 Å². The smallest absolute Gasteiger partial charge is 0.416 e. The predicted octanol–water partition coefficient (Wildman–Crippen LogP) is 4.55. The third kappa shape index (κ3) is 5.51. The number of halogens is 4. The second kappa shape index (κ2) is 10.2. The standard InChI is InChI=1S/C23H21ClF3N3O4/c1-4-34-21-17(24)9-14(10-19(21)33-3)12-28-22(32)20-18(31)8-13(2)30(29-20)16-7-5-6-15(11-16)23(25,26)27/h5-11H,4,12H2,1-3H3,(H,28,32). The van der Waals surface area contributed by atoms with Crippen LogP contribution in [0.2, 0.25) is 5.02 Å². The van der Waals surface area contributed by atoms with E-state index in [1.165, 1.54) is 26.2 Å². The molecule has 0 radical (unpaired) electrons. The van der Waals surface area contributed by atoms with Gasteiger partial charge < -0.3 is 14.8 Å². The Balaban J connectivity index is 1.88. The first kappa shape index (κ1) is 25.1. The van der Waals surface area contributed by atoms with Crippen molar-refractivity contribution in [1.82, 2.24) is 15.1 Å². The fraction of sp³-hybridized carbons (Fsp3) is 0.261. The molecule has 0 atom stereocenters. The van der Waals surface area contributed by atoms with E-state index in [1.54, 1.807) is 19.1 Å². The van der Waals surface area contributed by atoms with Crippen molar-refractivity contribution in [2.24, 2.45) is 0 Å². The third-order valence-electron chi connectivity index (χ3n) is 4.77. The molecule has 3 aromatic rings. The minimum Gasteiger partial charge on any atom is -0.493 e. The number of alkyl halides is 3. The molecular weight excluding hydrogens is 475 g/mol. The van der Waals surface area contributed by atoms with Gasteiger partial charge in [0.15, 0.2) is 17.2 Å². The Morgan fingerprint density at radius 1 is 1.21 bits per heavy atom. The molecule has 0 aliphatic carbocycles. The molecule has 11 heteroatoms. The summed E-state index contributed by atoms with van der Waals surface area (Å²) in [6.07, 6.45) is -4.55. The van der Waals surface area contributed by atoms with Crippen LogP contribution in [-0.4, -0.2) is 29.4 Å². The molecule has 0 aliphatic heterocycles. The highest BCUT2D eigenvalue weighted by Gasteiger charge is 2.30. The summed E-state index contributed by atoms with van der Waals surface area (Å²) in [5, 5.41) is 6.87. The first-order valence-corrected chi connectivity index (χ1v) is 10.5. The number of nitrogens with zero attached hydrogens (tertiary/aromatic N) is 2. The number of ether oxygens (including phenoxy) is 2. The number of benzene rings is 2. The van der Waals surface area contributed by atoms with Gasteiger partial charge in [0.2, 0.25) is 5.43 Å². The second-order valence-corrected chi connectivity index (χ2v) is 7.59. The molecule has 0 aliphatic rings. The summed E-state index contributed by atoms with van der Waals surface area (Å²) in [6, 6.07) is 8.78. The summed E-state index contributed by atoms with van der Waals surface area (Å²) in [5.74, 6) is -0.0559. The van der Waals surface area contributed by atoms with Gasteiger partial charge in [0.05, 0.1) is 30.0 Å². The van der Waals surface area contributed by atoms with E-state index in [-0.39, 0.29) is 22.9 Å². The van der Waals surface area contributed by atoms with E-state index >= 15 is 0 Å². The summed E-state index contributed by atoms with van der Waals surface area (Å²) in [5.41, 5.74) is -1.11. The molecule has 1 N–H and O–H groups in total. The number of aryl methyl sites for hydroxylation is 1. The molecule has 2 aromatic carbocycles. The van der Waals surface area contributed by atoms with E-state index < -0.39 is 28.8 Å². The van der Waals surface area contributed by atoms with E-state index in [1.807, 2.05) is 0 Å². The molecule has 34 heavy (non-hydrogen) atoms. The first-order valence-electron chi connectivity index (χ1n) is 10.1. The SMILES string of the molecule is CCOc1c(Cl)cc(CNC(=O)c2nn(-c3cccc(C(F)(F)F)c3)c(C)cc2=O)cc1OC. The Labute approximate surface area is 198 Å². The average molecular weight is 496 g/mol. The minimum atomic E-state index is -4.55. The number of aromatic nitrogens is 2. The highest BCUT2D eigenvalue weighted by Crippen LogP contribution is 2.36. The average Bonchev–Trinajstić information content (AvgIpc) is 2.78. The van der Waals surface area contributed by atoms with Crippen LogP contribution in [0.4, 0.5) is 13.2 Å². The number of methoxy groups -OCH3 is 1. The molecular formula is C23H21ClF3N3O4. The summed E-state index contributed by atoms with van der Waals surface area (Å²) in [4.78, 5) is 25.1. The highest BCUT2D eigenvalue weighted by atomic mass is 35.5. The fourth-order valence-corrected chi connectivity index (χ4v) is 3.49. The zero-order chi connectivity index (χ0) is 25.0. The van der Waals surface area contributed by atoms with Crippen LogP contribution in [0.25, 0.3) is 5.69 Å². The largest absolute Gasteiger partial charge is 0.493 e. The first-order chi connectivity index (χ1) is 16.0. The maximum Gasteiger partial charge on any atom is 0.416 e. The van der Waals surface area contributed by atoms with Gasteiger partial charge in [0, 0.05) is 18.3 Å². The third-order valence-corrected chi connectivity index (χ3v) is 5.05. The van der Waals surface area contributed by atoms with Gasteiger partial charge in [-0.1, -0.05) is 17.7 Å². The molecule has 0 spiro atoms. The Morgan fingerprint density at radius 2 is 1.94 bits per heavy atom. The summed E-state index contributed by atoms with van der Waals surface area (Å²) < 4.78 is 51.1. The summed E-state index contributed by atoms with van der Waals surface area (Å²) in [6.45, 7) is 3.67. The van der Waals surface area contributed by atoms with E-state index in [0.29, 0.717) is 23.7 Å². The number of carbonyl (C=O) groups excluding carboxylic acids is 1. The molecule has 3 rings (SSSR count). The number of carbonyl (C=O) groups is 1. The lowest BCUT2D eigenvalue weighted by Gasteiger charge is -2.14. The Kier molecular flexibility index (Phi) is 7.51. The van der Waals surface area contributed by atoms with E-state index in [9.17, 15) is 22.8 Å². The lowest BCUT2D eigenvalue weighted by Crippen LogP contribution is -2.31. The number of hydrogen-bond donors (Lipinski definition) is 1. The molecule has 180 valence electrons. The van der Waals surface area contributed by atoms with Crippen LogP contribution in [0.1, 0.15) is 34.2 Å². The van der Waals surface area contributed by atoms with Gasteiger partial charge in [-0.05, 0) is 49.7 Å². The fourth-order valence-electron chi connectivity index (χ4n) is 3.21. The topological polar surface area (TPSA) is 82.5 Å². The van der Waals surface area contributed by atoms with Crippen molar-refractivity contribution in [2.75, 3.05) is 13.7 Å². The number of rotatable bonds is 7. The van der Waals surface area contributed by atoms with Crippen molar-refractivity contribution in [2.45, 2.75) is 26.6 Å². The Morgan fingerprint density at radius 3 is 2.59 bits per heavy atom. The van der Waals surface area contributed by atoms with Gasteiger partial charge in [0.1, 0.15) is 0 Å². The van der Waals surface area contributed by atoms with Crippen molar-refractivity contribution >= 4 is 17.5 Å². The molecule has 0 saturated heterocycles. The summed E-state index contributed by atoms with van der Waals surface area (Å²) in [7, 11) is 1.45. The Hall–Kier alpha value is -3.53. The lowest BCUT2D eigenvalue weighted by atomic mass is 10.2. The van der Waals surface area contributed by atoms with Gasteiger partial charge in [-0.25, -0.2) is 4.68 Å². The van der Waals surface area contributed by atoms with Crippen LogP contribution >= 0.6 is 11.6 Å². The molecule has 0 saturated carbocycles. The molecule has 1 aromatic heterocycles. The molecule has 7 nitrogen and oxygen atoms in total. The number of nitrogens with one attached hydrogen (secondary N) is 1. The second-order valence-electron chi connectivity index (χ2n) is 7.18. The molecule has 1 amide bonds. The summed E-state index contributed by atoms with van der Waals surface area (Å²) >= 11 is 6.24. The van der Waals surface area contributed by atoms with Crippen LogP contribution in [-0.2, 0) is 12.7 Å². The normalized spacial score (nSPS) is 11.3. The minimum absolute atomic E-state index is 0.0140. The van der Waals surface area contributed by atoms with Crippen LogP contribution in [0.15, 0.2) is 47.3 Å². The van der Waals surface area contributed by atoms with E-state index in [0.717, 1.165) is 22.9 Å². The van der Waals surface area contributed by atoms with Gasteiger partial charge in [-0.2, -0.15) is 18.3 Å². The maximum atomic E-state index is 13.1. The maximum absolute atomic E-state index is 13.1. The zero-order valence-corrected chi connectivity index (χ0v) is 19.3. The molecule has 1 heterocycles. The van der Waals surface area contributed by atoms with Crippen LogP contribution in [0.3, 0.4) is 0 Å². The molecule has 0 bridgehead atoms. The van der Waals surface area contributed by atoms with Gasteiger partial charge in [0.25, 0.3) is 5.91 Å². The van der Waals surface area contributed by atoms with Crippen LogP contribution < -0.4 is 20.2 Å². The van der Waals surface area contributed by atoms with Gasteiger partial charge >= 0.3 is 6.18 Å². The number of hydrogen-bond acceptors (Lipinski definition) is 5. The van der Waals surface area contributed by atoms with Crippen LogP contribution in [0.5, 0.6) is 11.5 Å². The predicted molar refractivity (Wildman–Crippen MR) is 120 cm³/mol. The van der Waals surface area contributed by atoms with Crippen molar-refractivity contribution in [1.29, 1.82) is 0 Å². The van der Waals surface area contributed by atoms with Crippen molar-refractivity contribution < 1.29 is 27.4 Å².